The summed E-state index contributed by atoms with van der Waals surface area (Å²) < 4.78 is 17.6. The van der Waals surface area contributed by atoms with Crippen molar-refractivity contribution in [1.29, 1.82) is 0 Å². The maximum Gasteiger partial charge on any atom is 0.156 e. The van der Waals surface area contributed by atoms with Crippen LogP contribution in [-0.4, -0.2) is 49.0 Å². The van der Waals surface area contributed by atoms with Gasteiger partial charge in [-0.2, -0.15) is 0 Å². The molecule has 0 aliphatic carbocycles. The lowest BCUT2D eigenvalue weighted by atomic mass is 9.94. The lowest BCUT2D eigenvalue weighted by Crippen LogP contribution is -2.30. The zero-order valence-electron chi connectivity index (χ0n) is 5.70. The van der Waals surface area contributed by atoms with Crippen molar-refractivity contribution in [2.45, 2.75) is 24.4 Å². The maximum absolute atomic E-state index is 12.7. The van der Waals surface area contributed by atoms with E-state index in [9.17, 15) is 4.39 Å². The summed E-state index contributed by atoms with van der Waals surface area (Å²) >= 11 is 0. The molecule has 0 aromatic rings. The monoisotopic (exact) mass is 148 g/mol. The highest BCUT2D eigenvalue weighted by Crippen LogP contribution is 2.21. The minimum atomic E-state index is -1.44. The van der Waals surface area contributed by atoms with Crippen molar-refractivity contribution < 1.29 is 19.3 Å². The van der Waals surface area contributed by atoms with Crippen molar-refractivity contribution in [3.05, 3.63) is 0 Å². The molecule has 1 fully saturated rings. The molecule has 4 atom stereocenters. The minimum absolute atomic E-state index is 0.372. The molecule has 1 heterocycles. The van der Waals surface area contributed by atoms with Gasteiger partial charge in [-0.3, -0.25) is 0 Å². The molecule has 5 heteroatoms. The van der Waals surface area contributed by atoms with E-state index in [4.69, 9.17) is 14.9 Å². The molecule has 1 rings (SSSR count). The smallest absolute Gasteiger partial charge is 0.156 e. The Kier molecular flexibility index (Phi) is 2.28. The highest BCUT2D eigenvalue weighted by atomic mass is 19.1. The SMILES string of the molecule is B[C@@H]1O[C@H](CO)[C@H](F)C1O. The van der Waals surface area contributed by atoms with E-state index in [1.54, 1.807) is 7.85 Å². The van der Waals surface area contributed by atoms with E-state index >= 15 is 0 Å². The van der Waals surface area contributed by atoms with Gasteiger partial charge in [0.25, 0.3) is 0 Å². The highest BCUT2D eigenvalue weighted by molar-refractivity contribution is 6.11. The summed E-state index contributed by atoms with van der Waals surface area (Å²) in [5, 5.41) is 17.5. The summed E-state index contributed by atoms with van der Waals surface area (Å²) in [6.45, 7) is -0.372. The van der Waals surface area contributed by atoms with Crippen molar-refractivity contribution in [1.82, 2.24) is 0 Å². The largest absolute Gasteiger partial charge is 0.394 e. The van der Waals surface area contributed by atoms with Crippen LogP contribution in [-0.2, 0) is 4.74 Å². The van der Waals surface area contributed by atoms with Crippen LogP contribution in [0.5, 0.6) is 0 Å². The van der Waals surface area contributed by atoms with E-state index in [1.807, 2.05) is 0 Å². The second-order valence-electron chi connectivity index (χ2n) is 2.50. The van der Waals surface area contributed by atoms with Crippen LogP contribution in [0.15, 0.2) is 0 Å². The normalized spacial score (nSPS) is 47.9. The number of rotatable bonds is 1. The molecule has 58 valence electrons. The zero-order chi connectivity index (χ0) is 7.72. The van der Waals surface area contributed by atoms with Crippen LogP contribution in [0.3, 0.4) is 0 Å². The van der Waals surface area contributed by atoms with Gasteiger partial charge in [0.1, 0.15) is 20.1 Å². The molecule has 3 nitrogen and oxygen atoms in total. The van der Waals surface area contributed by atoms with Gasteiger partial charge in [-0.15, -0.1) is 0 Å². The summed E-state index contributed by atoms with van der Waals surface area (Å²) in [7, 11) is 1.58. The van der Waals surface area contributed by atoms with E-state index in [0.29, 0.717) is 0 Å². The molecule has 0 amide bonds. The van der Waals surface area contributed by atoms with Crippen molar-refractivity contribution in [2.24, 2.45) is 0 Å². The zero-order valence-corrected chi connectivity index (χ0v) is 5.70. The van der Waals surface area contributed by atoms with Crippen LogP contribution in [0.1, 0.15) is 0 Å². The van der Waals surface area contributed by atoms with Crippen LogP contribution in [0, 0.1) is 0 Å². The van der Waals surface area contributed by atoms with Crippen molar-refractivity contribution in [3.8, 4) is 0 Å². The molecule has 1 unspecified atom stereocenters. The van der Waals surface area contributed by atoms with Gasteiger partial charge in [-0.1, -0.05) is 0 Å². The number of alkyl halides is 1. The number of hydrogen-bond donors (Lipinski definition) is 2. The first kappa shape index (κ1) is 7.98. The third-order valence-corrected chi connectivity index (χ3v) is 1.73. The quantitative estimate of drug-likeness (QED) is 0.424. The molecular formula is C5H10BFO3. The summed E-state index contributed by atoms with van der Waals surface area (Å²) in [6, 6.07) is -0.507. The molecule has 0 radical (unpaired) electrons. The Morgan fingerprint density at radius 3 is 2.40 bits per heavy atom. The van der Waals surface area contributed by atoms with Gasteiger partial charge in [0, 0.05) is 0 Å². The predicted octanol–water partition coefficient (Wildman–Crippen LogP) is -1.96. The Bertz CT molecular complexity index is 123. The van der Waals surface area contributed by atoms with Gasteiger partial charge in [0.05, 0.1) is 12.6 Å². The number of aliphatic hydroxyl groups is 2. The van der Waals surface area contributed by atoms with Gasteiger partial charge in [-0.05, 0) is 0 Å². The summed E-state index contributed by atoms with van der Waals surface area (Å²) in [4.78, 5) is 0. The van der Waals surface area contributed by atoms with Gasteiger partial charge in [0.15, 0.2) is 6.17 Å². The number of halogens is 1. The van der Waals surface area contributed by atoms with Crippen LogP contribution in [0.4, 0.5) is 4.39 Å². The average Bonchev–Trinajstić information content (AvgIpc) is 2.17. The first-order valence-corrected chi connectivity index (χ1v) is 3.25. The first-order chi connectivity index (χ1) is 4.66. The van der Waals surface area contributed by atoms with E-state index in [0.717, 1.165) is 0 Å². The summed E-state index contributed by atoms with van der Waals surface area (Å²) in [5.41, 5.74) is 0. The summed E-state index contributed by atoms with van der Waals surface area (Å²) in [6.07, 6.45) is -3.37. The predicted molar refractivity (Wildman–Crippen MR) is 35.2 cm³/mol. The Morgan fingerprint density at radius 2 is 2.20 bits per heavy atom. The maximum atomic E-state index is 12.7. The molecule has 0 spiro atoms. The van der Waals surface area contributed by atoms with E-state index in [-0.39, 0.29) is 6.61 Å². The Hall–Kier alpha value is -0.125. The van der Waals surface area contributed by atoms with Crippen molar-refractivity contribution in [3.63, 3.8) is 0 Å². The van der Waals surface area contributed by atoms with Gasteiger partial charge >= 0.3 is 0 Å². The molecule has 10 heavy (non-hydrogen) atoms. The van der Waals surface area contributed by atoms with Crippen LogP contribution in [0.2, 0.25) is 0 Å². The van der Waals surface area contributed by atoms with Crippen molar-refractivity contribution >= 4 is 7.85 Å². The lowest BCUT2D eigenvalue weighted by molar-refractivity contribution is 0.0184. The Balaban J connectivity index is 2.53. The van der Waals surface area contributed by atoms with Crippen LogP contribution in [0.25, 0.3) is 0 Å². The van der Waals surface area contributed by atoms with E-state index in [2.05, 4.69) is 0 Å². The average molecular weight is 148 g/mol. The molecule has 0 aromatic heterocycles. The minimum Gasteiger partial charge on any atom is -0.394 e. The Morgan fingerprint density at radius 1 is 1.60 bits per heavy atom. The summed E-state index contributed by atoms with van der Waals surface area (Å²) in [5.74, 6) is 0. The Labute approximate surface area is 59.2 Å². The van der Waals surface area contributed by atoms with Crippen LogP contribution < -0.4 is 0 Å². The van der Waals surface area contributed by atoms with E-state index in [1.165, 1.54) is 0 Å². The van der Waals surface area contributed by atoms with Crippen molar-refractivity contribution in [2.75, 3.05) is 6.61 Å². The molecule has 1 aliphatic rings. The molecular weight excluding hydrogens is 138 g/mol. The molecule has 2 N–H and O–H groups in total. The van der Waals surface area contributed by atoms with E-state index < -0.39 is 24.4 Å². The lowest BCUT2D eigenvalue weighted by Gasteiger charge is -2.07. The van der Waals surface area contributed by atoms with Gasteiger partial charge in [0.2, 0.25) is 0 Å². The number of hydrogen-bond acceptors (Lipinski definition) is 3. The van der Waals surface area contributed by atoms with Gasteiger partial charge < -0.3 is 14.9 Å². The standard InChI is InChI=1S/C5H10BFO3/c6-5-4(9)3(7)2(1-8)10-5/h2-5,8-9H,1,6H2/t2-,3+,4?,5-/m1/s1. The second kappa shape index (κ2) is 2.86. The molecule has 1 saturated heterocycles. The molecule has 0 aromatic carbocycles. The molecule has 0 bridgehead atoms. The third kappa shape index (κ3) is 1.16. The third-order valence-electron chi connectivity index (χ3n) is 1.73. The fourth-order valence-corrected chi connectivity index (χ4v) is 1.05. The molecule has 1 aliphatic heterocycles. The van der Waals surface area contributed by atoms with Gasteiger partial charge in [-0.25, -0.2) is 4.39 Å². The first-order valence-electron chi connectivity index (χ1n) is 3.25. The fraction of sp³-hybridized carbons (Fsp3) is 1.00. The second-order valence-corrected chi connectivity index (χ2v) is 2.50. The number of aliphatic hydroxyl groups excluding tert-OH is 2. The van der Waals surface area contributed by atoms with Crippen LogP contribution >= 0.6 is 0 Å². The molecule has 0 saturated carbocycles. The topological polar surface area (TPSA) is 49.7 Å². The fourth-order valence-electron chi connectivity index (χ4n) is 1.05. The number of ether oxygens (including phenoxy) is 1. The highest BCUT2D eigenvalue weighted by Gasteiger charge is 2.40.